The fraction of sp³-hybridized carbons (Fsp3) is 0.435. The molecule has 1 aliphatic rings. The Kier molecular flexibility index (Phi) is 8.35. The number of carbonyl (C=O) groups excluding carboxylic acids is 1. The molecule has 6 nitrogen and oxygen atoms in total. The lowest BCUT2D eigenvalue weighted by atomic mass is 10.00. The summed E-state index contributed by atoms with van der Waals surface area (Å²) in [5.74, 6) is -0.309. The highest BCUT2D eigenvalue weighted by Gasteiger charge is 2.20. The molecule has 168 valence electrons. The number of nitrogens with one attached hydrogen (secondary N) is 2. The molecular formula is C23H30ClN3O3S. The summed E-state index contributed by atoms with van der Waals surface area (Å²) in [6.07, 6.45) is 5.82. The molecule has 8 heteroatoms. The number of hydrogen-bond acceptors (Lipinski definition) is 4. The van der Waals surface area contributed by atoms with E-state index in [0.717, 1.165) is 25.9 Å². The lowest BCUT2D eigenvalue weighted by molar-refractivity contribution is 0.0947. The minimum Gasteiger partial charge on any atom is -0.352 e. The van der Waals surface area contributed by atoms with E-state index in [2.05, 4.69) is 21.9 Å². The maximum absolute atomic E-state index is 12.6. The van der Waals surface area contributed by atoms with E-state index in [-0.39, 0.29) is 27.1 Å². The van der Waals surface area contributed by atoms with Crippen molar-refractivity contribution in [3.05, 3.63) is 59.1 Å². The van der Waals surface area contributed by atoms with Crippen molar-refractivity contribution in [3.8, 4) is 0 Å². The van der Waals surface area contributed by atoms with Gasteiger partial charge in [0.25, 0.3) is 15.9 Å². The Morgan fingerprint density at radius 2 is 1.94 bits per heavy atom. The Morgan fingerprint density at radius 1 is 1.16 bits per heavy atom. The van der Waals surface area contributed by atoms with Gasteiger partial charge in [-0.25, -0.2) is 8.42 Å². The van der Waals surface area contributed by atoms with Crippen LogP contribution in [0.1, 0.15) is 49.4 Å². The fourth-order valence-electron chi connectivity index (χ4n) is 3.97. The number of hydrogen-bond donors (Lipinski definition) is 2. The zero-order chi connectivity index (χ0) is 22.3. The van der Waals surface area contributed by atoms with Crippen molar-refractivity contribution >= 4 is 33.2 Å². The Morgan fingerprint density at radius 3 is 2.68 bits per heavy atom. The largest absolute Gasteiger partial charge is 0.352 e. The molecule has 1 amide bonds. The highest BCUT2D eigenvalue weighted by atomic mass is 35.5. The number of piperidine rings is 1. The monoisotopic (exact) mass is 463 g/mol. The normalized spacial score (nSPS) is 17.3. The number of anilines is 1. The highest BCUT2D eigenvalue weighted by Crippen LogP contribution is 2.23. The van der Waals surface area contributed by atoms with Crippen molar-refractivity contribution in [2.75, 3.05) is 24.4 Å². The number of sulfonamides is 1. The van der Waals surface area contributed by atoms with E-state index in [0.29, 0.717) is 12.6 Å². The molecule has 0 aliphatic carbocycles. The highest BCUT2D eigenvalue weighted by molar-refractivity contribution is 7.92. The van der Waals surface area contributed by atoms with Crippen LogP contribution in [-0.4, -0.2) is 44.9 Å². The van der Waals surface area contributed by atoms with Crippen LogP contribution >= 0.6 is 11.6 Å². The third-order valence-electron chi connectivity index (χ3n) is 5.64. The molecule has 0 unspecified atom stereocenters. The smallest absolute Gasteiger partial charge is 0.261 e. The second kappa shape index (κ2) is 11.0. The van der Waals surface area contributed by atoms with Crippen LogP contribution in [0.25, 0.3) is 0 Å². The number of nitrogens with zero attached hydrogens (tertiary/aromatic N) is 1. The van der Waals surface area contributed by atoms with E-state index < -0.39 is 10.0 Å². The average molecular weight is 464 g/mol. The topological polar surface area (TPSA) is 78.5 Å². The van der Waals surface area contributed by atoms with E-state index in [1.54, 1.807) is 24.3 Å². The molecule has 31 heavy (non-hydrogen) atoms. The van der Waals surface area contributed by atoms with Gasteiger partial charge in [-0.3, -0.25) is 9.52 Å². The van der Waals surface area contributed by atoms with Crippen LogP contribution in [0, 0.1) is 0 Å². The molecule has 3 rings (SSSR count). The Hall–Kier alpha value is -2.09. The van der Waals surface area contributed by atoms with Crippen molar-refractivity contribution in [1.29, 1.82) is 0 Å². The molecule has 2 N–H and O–H groups in total. The number of carbonyl (C=O) groups is 1. The van der Waals surface area contributed by atoms with E-state index in [1.807, 2.05) is 0 Å². The molecular weight excluding hydrogens is 434 g/mol. The molecule has 1 aliphatic heterocycles. The zero-order valence-corrected chi connectivity index (χ0v) is 19.4. The van der Waals surface area contributed by atoms with Crippen molar-refractivity contribution in [2.45, 2.75) is 50.0 Å². The third kappa shape index (κ3) is 6.45. The van der Waals surface area contributed by atoms with Gasteiger partial charge < -0.3 is 10.2 Å². The summed E-state index contributed by atoms with van der Waals surface area (Å²) in [5.41, 5.74) is 0.539. The van der Waals surface area contributed by atoms with Gasteiger partial charge in [0.15, 0.2) is 0 Å². The van der Waals surface area contributed by atoms with Gasteiger partial charge in [-0.1, -0.05) is 43.1 Å². The van der Waals surface area contributed by atoms with Gasteiger partial charge in [-0.2, -0.15) is 0 Å². The maximum atomic E-state index is 12.6. The standard InChI is InChI=1S/C23H30ClN3O3S/c1-2-19-9-6-7-15-27(19)16-8-14-25-23(28)21-17-18(12-13-22(21)24)26-31(29,30)20-10-4-3-5-11-20/h3-5,10-13,17,19,26H,2,6-9,14-16H2,1H3,(H,25,28)/t19-/m0/s1. The summed E-state index contributed by atoms with van der Waals surface area (Å²) in [5, 5.41) is 3.19. The Labute approximate surface area is 190 Å². The Balaban J connectivity index is 1.57. The van der Waals surface area contributed by atoms with Gasteiger partial charge in [0.1, 0.15) is 0 Å². The molecule has 1 saturated heterocycles. The quantitative estimate of drug-likeness (QED) is 0.535. The number of amides is 1. The van der Waals surface area contributed by atoms with E-state index >= 15 is 0 Å². The molecule has 0 radical (unpaired) electrons. The molecule has 1 fully saturated rings. The molecule has 2 aromatic rings. The summed E-state index contributed by atoms with van der Waals surface area (Å²) in [6, 6.07) is 13.3. The van der Waals surface area contributed by atoms with Crippen LogP contribution in [0.2, 0.25) is 5.02 Å². The number of halogens is 1. The van der Waals surface area contributed by atoms with Crippen molar-refractivity contribution in [2.24, 2.45) is 0 Å². The summed E-state index contributed by atoms with van der Waals surface area (Å²) in [6.45, 7) is 4.86. The number of rotatable bonds is 9. The van der Waals surface area contributed by atoms with Crippen molar-refractivity contribution < 1.29 is 13.2 Å². The minimum absolute atomic E-state index is 0.152. The zero-order valence-electron chi connectivity index (χ0n) is 17.8. The number of benzene rings is 2. The van der Waals surface area contributed by atoms with Crippen LogP contribution in [0.5, 0.6) is 0 Å². The lowest BCUT2D eigenvalue weighted by Crippen LogP contribution is -2.40. The third-order valence-corrected chi connectivity index (χ3v) is 7.37. The van der Waals surface area contributed by atoms with Crippen molar-refractivity contribution in [1.82, 2.24) is 10.2 Å². The van der Waals surface area contributed by atoms with E-state index in [1.165, 1.54) is 43.5 Å². The summed E-state index contributed by atoms with van der Waals surface area (Å²) in [7, 11) is -3.74. The summed E-state index contributed by atoms with van der Waals surface area (Å²) in [4.78, 5) is 15.3. The fourth-order valence-corrected chi connectivity index (χ4v) is 5.25. The second-order valence-electron chi connectivity index (χ2n) is 7.82. The van der Waals surface area contributed by atoms with Gasteiger partial charge in [0.2, 0.25) is 0 Å². The van der Waals surface area contributed by atoms with E-state index in [9.17, 15) is 13.2 Å². The van der Waals surface area contributed by atoms with Crippen LogP contribution in [0.15, 0.2) is 53.4 Å². The van der Waals surface area contributed by atoms with Crippen LogP contribution in [-0.2, 0) is 10.0 Å². The summed E-state index contributed by atoms with van der Waals surface area (Å²) >= 11 is 6.21. The van der Waals surface area contributed by atoms with Gasteiger partial charge >= 0.3 is 0 Å². The second-order valence-corrected chi connectivity index (χ2v) is 9.91. The molecule has 2 aromatic carbocycles. The van der Waals surface area contributed by atoms with Gasteiger partial charge in [-0.15, -0.1) is 0 Å². The predicted octanol–water partition coefficient (Wildman–Crippen LogP) is 4.53. The van der Waals surface area contributed by atoms with E-state index in [4.69, 9.17) is 11.6 Å². The van der Waals surface area contributed by atoms with Crippen LogP contribution in [0.4, 0.5) is 5.69 Å². The molecule has 0 aromatic heterocycles. The predicted molar refractivity (Wildman–Crippen MR) is 125 cm³/mol. The molecule has 1 atom stereocenters. The SMILES string of the molecule is CC[C@H]1CCCCN1CCCNC(=O)c1cc(NS(=O)(=O)c2ccccc2)ccc1Cl. The molecule has 1 heterocycles. The van der Waals surface area contributed by atoms with Crippen molar-refractivity contribution in [3.63, 3.8) is 0 Å². The first-order valence-electron chi connectivity index (χ1n) is 10.8. The average Bonchev–Trinajstić information content (AvgIpc) is 2.78. The molecule has 0 bridgehead atoms. The van der Waals surface area contributed by atoms with Crippen LogP contribution < -0.4 is 10.0 Å². The minimum atomic E-state index is -3.74. The number of likely N-dealkylation sites (tertiary alicyclic amines) is 1. The van der Waals surface area contributed by atoms with Crippen LogP contribution in [0.3, 0.4) is 0 Å². The maximum Gasteiger partial charge on any atom is 0.261 e. The lowest BCUT2D eigenvalue weighted by Gasteiger charge is -2.35. The molecule has 0 spiro atoms. The molecule has 0 saturated carbocycles. The Bertz CT molecular complexity index is 983. The first-order valence-corrected chi connectivity index (χ1v) is 12.7. The van der Waals surface area contributed by atoms with Gasteiger partial charge in [0.05, 0.1) is 15.5 Å². The van der Waals surface area contributed by atoms with Gasteiger partial charge in [-0.05, 0) is 62.6 Å². The first kappa shape index (κ1) is 23.6. The van der Waals surface area contributed by atoms with Gasteiger partial charge in [0, 0.05) is 24.8 Å². The first-order chi connectivity index (χ1) is 14.9. The summed E-state index contributed by atoms with van der Waals surface area (Å²) < 4.78 is 27.6.